The van der Waals surface area contributed by atoms with E-state index in [2.05, 4.69) is 42.2 Å². The molecule has 70 heavy (non-hydrogen) atoms. The van der Waals surface area contributed by atoms with Crippen LogP contribution in [-0.4, -0.2) is 151 Å². The van der Waals surface area contributed by atoms with E-state index >= 15 is 0 Å². The zero-order valence-electron chi connectivity index (χ0n) is 39.1. The number of aliphatic hydroxyl groups is 2. The van der Waals surface area contributed by atoms with Crippen molar-refractivity contribution < 1.29 is 73.5 Å². The Morgan fingerprint density at radius 3 is 1.44 bits per heavy atom. The molecular formula is C46H63N9O15. The molecule has 0 aliphatic carbocycles. The van der Waals surface area contributed by atoms with E-state index in [1.165, 1.54) is 0 Å². The minimum atomic E-state index is -1.91. The summed E-state index contributed by atoms with van der Waals surface area (Å²) in [7, 11) is 0. The summed E-state index contributed by atoms with van der Waals surface area (Å²) in [6.07, 6.45) is -0.714. The third kappa shape index (κ3) is 18.2. The van der Waals surface area contributed by atoms with Crippen molar-refractivity contribution in [3.63, 3.8) is 0 Å². The Kier molecular flexibility index (Phi) is 22.4. The second-order valence-corrected chi connectivity index (χ2v) is 17.4. The topological polar surface area (TPSA) is 398 Å². The number of amides is 7. The van der Waals surface area contributed by atoms with E-state index < -0.39 is 134 Å². The van der Waals surface area contributed by atoms with Crippen LogP contribution in [-0.2, 0) is 60.8 Å². The Bertz CT molecular complexity index is 2320. The van der Waals surface area contributed by atoms with Crippen LogP contribution in [0.3, 0.4) is 0 Å². The first-order chi connectivity index (χ1) is 33.0. The van der Waals surface area contributed by atoms with Crippen molar-refractivity contribution in [1.29, 1.82) is 0 Å². The monoisotopic (exact) mass is 981 g/mol. The lowest BCUT2D eigenvalue weighted by Crippen LogP contribution is -2.61. The van der Waals surface area contributed by atoms with Crippen LogP contribution >= 0.6 is 0 Å². The number of rotatable bonds is 29. The van der Waals surface area contributed by atoms with Gasteiger partial charge in [0, 0.05) is 29.9 Å². The summed E-state index contributed by atoms with van der Waals surface area (Å²) in [5.41, 5.74) is 7.33. The fraction of sp³-hybridized carbons (Fsp3) is 0.478. The van der Waals surface area contributed by atoms with Crippen molar-refractivity contribution in [3.8, 4) is 0 Å². The SMILES string of the molecule is CC(C)C[C@H](NC(=O)[C@H](Cc1c[nH]c2ccccc12)NC(=O)[C@H](CO)NC(=O)[C@H](CC(C)C)NC(=O)[C@H](CC(=O)O)NC(=O)[C@H](Cc1ccccc1)NC(=O)[C@H](CO)NC(=O)[C@@H](N)CC(=O)O)C(=O)O. The highest BCUT2D eigenvalue weighted by Gasteiger charge is 2.36. The molecule has 3 aromatic rings. The summed E-state index contributed by atoms with van der Waals surface area (Å²) >= 11 is 0. The molecule has 24 nitrogen and oxygen atoms in total. The highest BCUT2D eigenvalue weighted by molar-refractivity contribution is 5.99. The first kappa shape index (κ1) is 56.9. The molecule has 0 fully saturated rings. The summed E-state index contributed by atoms with van der Waals surface area (Å²) in [5.74, 6) is -12.3. The zero-order chi connectivity index (χ0) is 52.2. The number of aliphatic carboxylic acids is 3. The number of aromatic amines is 1. The van der Waals surface area contributed by atoms with E-state index in [9.17, 15) is 68.4 Å². The summed E-state index contributed by atoms with van der Waals surface area (Å²) in [6.45, 7) is 4.84. The van der Waals surface area contributed by atoms with Crippen LogP contribution < -0.4 is 43.0 Å². The number of carbonyl (C=O) groups is 10. The second kappa shape index (κ2) is 27.5. The van der Waals surface area contributed by atoms with Gasteiger partial charge in [-0.1, -0.05) is 76.2 Å². The van der Waals surface area contributed by atoms with E-state index in [0.29, 0.717) is 22.0 Å². The normalized spacial score (nSPS) is 14.6. The quantitative estimate of drug-likeness (QED) is 0.0351. The largest absolute Gasteiger partial charge is 0.481 e. The summed E-state index contributed by atoms with van der Waals surface area (Å²) in [6, 6.07) is 2.29. The molecule has 0 unspecified atom stereocenters. The molecule has 0 aliphatic heterocycles. The van der Waals surface area contributed by atoms with Crippen LogP contribution in [0, 0.1) is 11.8 Å². The average molecular weight is 982 g/mol. The molecular weight excluding hydrogens is 919 g/mol. The van der Waals surface area contributed by atoms with Crippen LogP contribution in [0.25, 0.3) is 10.9 Å². The molecule has 8 atom stereocenters. The lowest BCUT2D eigenvalue weighted by molar-refractivity contribution is -0.143. The molecule has 1 heterocycles. The van der Waals surface area contributed by atoms with Crippen molar-refractivity contribution >= 4 is 70.2 Å². The number of aromatic nitrogens is 1. The first-order valence-electron chi connectivity index (χ1n) is 22.4. The van der Waals surface area contributed by atoms with Gasteiger partial charge in [0.15, 0.2) is 0 Å². The van der Waals surface area contributed by atoms with Gasteiger partial charge in [-0.3, -0.25) is 43.2 Å². The van der Waals surface area contributed by atoms with Gasteiger partial charge in [-0.2, -0.15) is 0 Å². The highest BCUT2D eigenvalue weighted by Crippen LogP contribution is 2.20. The number of carboxylic acids is 3. The van der Waals surface area contributed by atoms with Crippen molar-refractivity contribution in [2.24, 2.45) is 17.6 Å². The van der Waals surface area contributed by atoms with Gasteiger partial charge < -0.3 is 73.5 Å². The van der Waals surface area contributed by atoms with Crippen molar-refractivity contribution in [2.45, 2.75) is 115 Å². The van der Waals surface area contributed by atoms with Crippen LogP contribution in [0.4, 0.5) is 0 Å². The molecule has 1 aromatic heterocycles. The molecule has 7 amide bonds. The summed E-state index contributed by atoms with van der Waals surface area (Å²) in [5, 5.41) is 66.0. The maximum atomic E-state index is 13.9. The number of H-pyrrole nitrogens is 1. The fourth-order valence-electron chi connectivity index (χ4n) is 7.15. The molecule has 0 saturated carbocycles. The van der Waals surface area contributed by atoms with E-state index in [4.69, 9.17) is 10.8 Å². The van der Waals surface area contributed by atoms with Crippen LogP contribution in [0.2, 0.25) is 0 Å². The molecule has 382 valence electrons. The maximum absolute atomic E-state index is 13.9. The maximum Gasteiger partial charge on any atom is 0.326 e. The van der Waals surface area contributed by atoms with Crippen molar-refractivity contribution in [1.82, 2.24) is 42.2 Å². The fourth-order valence-corrected chi connectivity index (χ4v) is 7.15. The number of carbonyl (C=O) groups excluding carboxylic acids is 7. The lowest BCUT2D eigenvalue weighted by atomic mass is 10.0. The van der Waals surface area contributed by atoms with Crippen molar-refractivity contribution in [3.05, 3.63) is 71.9 Å². The first-order valence-corrected chi connectivity index (χ1v) is 22.4. The summed E-state index contributed by atoms with van der Waals surface area (Å²) in [4.78, 5) is 133. The molecule has 3 rings (SSSR count). The number of hydrogen-bond acceptors (Lipinski definition) is 13. The smallest absolute Gasteiger partial charge is 0.326 e. The van der Waals surface area contributed by atoms with E-state index in [-0.39, 0.29) is 37.5 Å². The second-order valence-electron chi connectivity index (χ2n) is 17.4. The molecule has 24 heteroatoms. The Hall–Kier alpha value is -7.44. The standard InChI is InChI=1S/C46H63N9O15/c1-23(2)14-30(40(63)55-36(22-57)45(68)51-32(42(65)53-34(46(69)70)15-24(3)4)17-26-20-48-29-13-9-8-12-27(26)29)49-43(66)33(19-38(60)61)52-41(64)31(16-25-10-6-5-7-11-25)50-44(67)35(21-56)54-39(62)28(47)18-37(58)59/h5-13,20,23-24,28,30-36,48,56-57H,14-19,21-22,47H2,1-4H3,(H,49,66)(H,50,67)(H,51,68)(H,52,64)(H,53,65)(H,54,62)(H,55,63)(H,58,59)(H,60,61)(H,69,70)/t28-,30-,31-,32-,33-,34-,35-,36-/m0/s1. The number of hydrogen-bond donors (Lipinski definition) is 14. The molecule has 0 bridgehead atoms. The number of aliphatic hydroxyl groups excluding tert-OH is 2. The Morgan fingerprint density at radius 1 is 0.500 bits per heavy atom. The van der Waals surface area contributed by atoms with E-state index in [0.717, 1.165) is 0 Å². The van der Waals surface area contributed by atoms with Gasteiger partial charge >= 0.3 is 17.9 Å². The number of benzene rings is 2. The lowest BCUT2D eigenvalue weighted by Gasteiger charge is -2.27. The van der Waals surface area contributed by atoms with E-state index in [1.54, 1.807) is 88.5 Å². The molecule has 0 saturated heterocycles. The average Bonchev–Trinajstić information content (AvgIpc) is 3.70. The van der Waals surface area contributed by atoms with Gasteiger partial charge in [0.2, 0.25) is 41.4 Å². The predicted octanol–water partition coefficient (Wildman–Crippen LogP) is -2.22. The molecule has 0 radical (unpaired) electrons. The van der Waals surface area contributed by atoms with Gasteiger partial charge in [-0.05, 0) is 41.9 Å². The number of carboxylic acid groups (broad SMARTS) is 3. The van der Waals surface area contributed by atoms with Crippen molar-refractivity contribution in [2.75, 3.05) is 13.2 Å². The minimum absolute atomic E-state index is 0.0651. The van der Waals surface area contributed by atoms with Crippen LogP contribution in [0.15, 0.2) is 60.8 Å². The third-order valence-electron chi connectivity index (χ3n) is 10.7. The van der Waals surface area contributed by atoms with Crippen LogP contribution in [0.1, 0.15) is 64.5 Å². The van der Waals surface area contributed by atoms with Crippen LogP contribution in [0.5, 0.6) is 0 Å². The Labute approximate surface area is 402 Å². The van der Waals surface area contributed by atoms with Gasteiger partial charge in [0.05, 0.1) is 32.1 Å². The van der Waals surface area contributed by atoms with Gasteiger partial charge in [-0.15, -0.1) is 0 Å². The van der Waals surface area contributed by atoms with Gasteiger partial charge in [0.25, 0.3) is 0 Å². The highest BCUT2D eigenvalue weighted by atomic mass is 16.4. The van der Waals surface area contributed by atoms with Gasteiger partial charge in [-0.25, -0.2) is 4.79 Å². The third-order valence-corrected chi connectivity index (χ3v) is 10.7. The molecule has 0 aliphatic rings. The van der Waals surface area contributed by atoms with Gasteiger partial charge in [0.1, 0.15) is 42.3 Å². The number of nitrogens with one attached hydrogen (secondary N) is 8. The Morgan fingerprint density at radius 2 is 0.914 bits per heavy atom. The summed E-state index contributed by atoms with van der Waals surface area (Å²) < 4.78 is 0. The molecule has 0 spiro atoms. The molecule has 15 N–H and O–H groups in total. The Balaban J connectivity index is 1.86. The molecule has 2 aromatic carbocycles. The van der Waals surface area contributed by atoms with E-state index in [1.807, 2.05) is 0 Å². The number of nitrogens with two attached hydrogens (primary N) is 1. The minimum Gasteiger partial charge on any atom is -0.481 e. The zero-order valence-corrected chi connectivity index (χ0v) is 39.1. The number of fused-ring (bicyclic) bond motifs is 1. The predicted molar refractivity (Wildman–Crippen MR) is 249 cm³/mol. The number of para-hydroxylation sites is 1.